The molecule has 1 heterocycles. The summed E-state index contributed by atoms with van der Waals surface area (Å²) in [4.78, 5) is 21.3. The van der Waals surface area contributed by atoms with E-state index in [1.54, 1.807) is 30.5 Å². The highest BCUT2D eigenvalue weighted by Gasteiger charge is 2.22. The van der Waals surface area contributed by atoms with E-state index in [4.69, 9.17) is 9.47 Å². The smallest absolute Gasteiger partial charge is 0.237 e. The van der Waals surface area contributed by atoms with Crippen molar-refractivity contribution in [2.45, 2.75) is 19.5 Å². The van der Waals surface area contributed by atoms with E-state index >= 15 is 0 Å². The topological polar surface area (TPSA) is 54.9 Å². The molecular formula is C22H27N3O3S. The zero-order valence-corrected chi connectivity index (χ0v) is 18.3. The summed E-state index contributed by atoms with van der Waals surface area (Å²) in [7, 11) is 7.00. The Balaban J connectivity index is 1.66. The average Bonchev–Trinajstić information content (AvgIpc) is 3.16. The van der Waals surface area contributed by atoms with Gasteiger partial charge in [0.1, 0.15) is 5.01 Å². The van der Waals surface area contributed by atoms with Crippen LogP contribution in [0.4, 0.5) is 0 Å². The lowest BCUT2D eigenvalue weighted by molar-refractivity contribution is -0.132. The van der Waals surface area contributed by atoms with Crippen LogP contribution in [-0.4, -0.2) is 55.6 Å². The predicted molar refractivity (Wildman–Crippen MR) is 117 cm³/mol. The van der Waals surface area contributed by atoms with Crippen molar-refractivity contribution < 1.29 is 14.3 Å². The number of aromatic nitrogens is 1. The van der Waals surface area contributed by atoms with Crippen LogP contribution in [0, 0.1) is 0 Å². The first-order valence-corrected chi connectivity index (χ1v) is 10.3. The van der Waals surface area contributed by atoms with Crippen LogP contribution in [0.15, 0.2) is 42.5 Å². The Morgan fingerprint density at radius 3 is 2.55 bits per heavy atom. The van der Waals surface area contributed by atoms with Gasteiger partial charge >= 0.3 is 0 Å². The van der Waals surface area contributed by atoms with E-state index < -0.39 is 0 Å². The lowest BCUT2D eigenvalue weighted by Gasteiger charge is -2.26. The van der Waals surface area contributed by atoms with Crippen molar-refractivity contribution in [1.82, 2.24) is 14.8 Å². The van der Waals surface area contributed by atoms with Crippen LogP contribution in [0.25, 0.3) is 10.2 Å². The fourth-order valence-corrected chi connectivity index (χ4v) is 4.28. The maximum atomic E-state index is 12.9. The van der Waals surface area contributed by atoms with Gasteiger partial charge in [0, 0.05) is 19.2 Å². The summed E-state index contributed by atoms with van der Waals surface area (Å²) in [6.45, 7) is 2.89. The maximum Gasteiger partial charge on any atom is 0.237 e. The summed E-state index contributed by atoms with van der Waals surface area (Å²) in [5.41, 5.74) is 1.95. The standard InChI is InChI=1S/C22H27N3O3S/c1-15(22-23-17-10-6-7-12-19(17)29-22)25(3)20(26)14-24(2)13-16-9-8-11-18(27-4)21(16)28-5/h6-12,15H,13-14H2,1-5H3/t15-/m0/s1. The quantitative estimate of drug-likeness (QED) is 0.559. The molecule has 3 aromatic rings. The van der Waals surface area contributed by atoms with Crippen LogP contribution in [0.3, 0.4) is 0 Å². The average molecular weight is 414 g/mol. The molecule has 0 spiro atoms. The fourth-order valence-electron chi connectivity index (χ4n) is 3.22. The highest BCUT2D eigenvalue weighted by molar-refractivity contribution is 7.18. The molecule has 1 aromatic heterocycles. The van der Waals surface area contributed by atoms with E-state index in [2.05, 4.69) is 11.1 Å². The largest absolute Gasteiger partial charge is 0.493 e. The number of likely N-dealkylation sites (N-methyl/N-ethyl adjacent to an activating group) is 2. The van der Waals surface area contributed by atoms with Gasteiger partial charge in [-0.1, -0.05) is 24.3 Å². The molecule has 29 heavy (non-hydrogen) atoms. The molecule has 3 rings (SSSR count). The van der Waals surface area contributed by atoms with Gasteiger partial charge in [0.05, 0.1) is 37.0 Å². The Hall–Kier alpha value is -2.64. The van der Waals surface area contributed by atoms with E-state index in [9.17, 15) is 4.79 Å². The second-order valence-corrected chi connectivity index (χ2v) is 8.09. The number of thiazole rings is 1. The van der Waals surface area contributed by atoms with Crippen molar-refractivity contribution in [1.29, 1.82) is 0 Å². The minimum Gasteiger partial charge on any atom is -0.493 e. The Labute approximate surface area is 175 Å². The lowest BCUT2D eigenvalue weighted by Crippen LogP contribution is -2.37. The third-order valence-corrected chi connectivity index (χ3v) is 6.18. The second kappa shape index (κ2) is 9.24. The van der Waals surface area contributed by atoms with Crippen molar-refractivity contribution in [3.05, 3.63) is 53.0 Å². The molecular weight excluding hydrogens is 386 g/mol. The number of nitrogens with zero attached hydrogens (tertiary/aromatic N) is 3. The highest BCUT2D eigenvalue weighted by Crippen LogP contribution is 2.32. The molecule has 0 radical (unpaired) electrons. The number of hydrogen-bond donors (Lipinski definition) is 0. The number of rotatable bonds is 8. The van der Waals surface area contributed by atoms with Crippen molar-refractivity contribution >= 4 is 27.5 Å². The molecule has 0 saturated heterocycles. The third kappa shape index (κ3) is 4.68. The van der Waals surface area contributed by atoms with Gasteiger partial charge in [-0.15, -0.1) is 11.3 Å². The number of amides is 1. The number of fused-ring (bicyclic) bond motifs is 1. The third-order valence-electron chi connectivity index (χ3n) is 4.97. The molecule has 0 aliphatic heterocycles. The van der Waals surface area contributed by atoms with E-state index in [0.29, 0.717) is 24.6 Å². The Morgan fingerprint density at radius 1 is 1.10 bits per heavy atom. The maximum absolute atomic E-state index is 12.9. The molecule has 6 nitrogen and oxygen atoms in total. The molecule has 0 N–H and O–H groups in total. The number of ether oxygens (including phenoxy) is 2. The zero-order chi connectivity index (χ0) is 21.0. The first kappa shape index (κ1) is 21.1. The highest BCUT2D eigenvalue weighted by atomic mass is 32.1. The van der Waals surface area contributed by atoms with Crippen molar-refractivity contribution in [3.63, 3.8) is 0 Å². The van der Waals surface area contributed by atoms with Crippen LogP contribution in [0.2, 0.25) is 0 Å². The van der Waals surface area contributed by atoms with Crippen LogP contribution in [0.5, 0.6) is 11.5 Å². The second-order valence-electron chi connectivity index (χ2n) is 7.03. The van der Waals surface area contributed by atoms with Gasteiger partial charge < -0.3 is 14.4 Å². The number of hydrogen-bond acceptors (Lipinski definition) is 6. The summed E-state index contributed by atoms with van der Waals surface area (Å²) in [5.74, 6) is 1.43. The molecule has 0 saturated carbocycles. The van der Waals surface area contributed by atoms with Crippen molar-refractivity contribution in [2.75, 3.05) is 34.9 Å². The molecule has 154 valence electrons. The normalized spacial score (nSPS) is 12.2. The number of carbonyl (C=O) groups excluding carboxylic acids is 1. The van der Waals surface area contributed by atoms with Crippen molar-refractivity contribution in [2.24, 2.45) is 0 Å². The fraction of sp³-hybridized carbons (Fsp3) is 0.364. The van der Waals surface area contributed by atoms with Gasteiger partial charge in [-0.2, -0.15) is 0 Å². The van der Waals surface area contributed by atoms with Gasteiger partial charge in [-0.05, 0) is 32.2 Å². The molecule has 7 heteroatoms. The first-order valence-electron chi connectivity index (χ1n) is 9.44. The molecule has 0 aliphatic carbocycles. The summed E-state index contributed by atoms with van der Waals surface area (Å²) in [6, 6.07) is 13.7. The Kier molecular flexibility index (Phi) is 6.71. The number of carbonyl (C=O) groups is 1. The number of benzene rings is 2. The SMILES string of the molecule is COc1cccc(CN(C)CC(=O)N(C)[C@@H](C)c2nc3ccccc3s2)c1OC. The Bertz CT molecular complexity index is 955. The zero-order valence-electron chi connectivity index (χ0n) is 17.5. The van der Waals surface area contributed by atoms with Gasteiger partial charge in [0.25, 0.3) is 0 Å². The first-order chi connectivity index (χ1) is 13.9. The molecule has 0 fully saturated rings. The van der Waals surface area contributed by atoms with E-state index in [1.807, 2.05) is 62.3 Å². The molecule has 2 aromatic carbocycles. The minimum atomic E-state index is -0.0837. The van der Waals surface area contributed by atoms with Crippen molar-refractivity contribution in [3.8, 4) is 11.5 Å². The van der Waals surface area contributed by atoms with Gasteiger partial charge in [-0.3, -0.25) is 9.69 Å². The summed E-state index contributed by atoms with van der Waals surface area (Å²) in [6.07, 6.45) is 0. The lowest BCUT2D eigenvalue weighted by atomic mass is 10.1. The molecule has 0 bridgehead atoms. The number of para-hydroxylation sites is 2. The van der Waals surface area contributed by atoms with Gasteiger partial charge in [0.15, 0.2) is 11.5 Å². The predicted octanol–water partition coefficient (Wildman–Crippen LogP) is 3.96. The van der Waals surface area contributed by atoms with E-state index in [1.165, 1.54) is 0 Å². The van der Waals surface area contributed by atoms with Crippen LogP contribution >= 0.6 is 11.3 Å². The summed E-state index contributed by atoms with van der Waals surface area (Å²) >= 11 is 1.63. The van der Waals surface area contributed by atoms with Gasteiger partial charge in [0.2, 0.25) is 5.91 Å². The van der Waals surface area contributed by atoms with E-state index in [0.717, 1.165) is 20.8 Å². The number of methoxy groups -OCH3 is 2. The monoisotopic (exact) mass is 413 g/mol. The summed E-state index contributed by atoms with van der Waals surface area (Å²) < 4.78 is 12.0. The van der Waals surface area contributed by atoms with Crippen LogP contribution in [0.1, 0.15) is 23.5 Å². The molecule has 0 unspecified atom stereocenters. The van der Waals surface area contributed by atoms with Crippen LogP contribution in [-0.2, 0) is 11.3 Å². The Morgan fingerprint density at radius 2 is 1.86 bits per heavy atom. The summed E-state index contributed by atoms with van der Waals surface area (Å²) in [5, 5.41) is 0.944. The molecule has 1 amide bonds. The van der Waals surface area contributed by atoms with Crippen LogP contribution < -0.4 is 9.47 Å². The molecule has 0 aliphatic rings. The molecule has 1 atom stereocenters. The minimum absolute atomic E-state index is 0.0427. The van der Waals surface area contributed by atoms with Gasteiger partial charge in [-0.25, -0.2) is 4.98 Å². The van der Waals surface area contributed by atoms with E-state index in [-0.39, 0.29) is 11.9 Å².